The standard InChI is InChI=1S/C11H16F3N3O2/c1-17(5-8(18)6-19-2)10-4-7(11(12,13)14)3-9(15)16-10/h3-4,8,18H,5-6H2,1-2H3,(H2,15,16). The van der Waals surface area contributed by atoms with E-state index in [-0.39, 0.29) is 24.8 Å². The molecule has 3 N–H and O–H groups in total. The Kier molecular flexibility index (Phi) is 4.96. The topological polar surface area (TPSA) is 71.6 Å². The summed E-state index contributed by atoms with van der Waals surface area (Å²) in [7, 11) is 2.94. The number of nitrogens with zero attached hydrogens (tertiary/aromatic N) is 2. The zero-order valence-corrected chi connectivity index (χ0v) is 10.6. The van der Waals surface area contributed by atoms with Crippen LogP contribution in [0.4, 0.5) is 24.8 Å². The SMILES string of the molecule is COCC(O)CN(C)c1cc(C(F)(F)F)cc(N)n1. The molecule has 8 heteroatoms. The summed E-state index contributed by atoms with van der Waals surface area (Å²) in [5.41, 5.74) is 4.49. The van der Waals surface area contributed by atoms with Crippen LogP contribution in [-0.4, -0.2) is 43.5 Å². The van der Waals surface area contributed by atoms with Crippen LogP contribution in [0.2, 0.25) is 0 Å². The van der Waals surface area contributed by atoms with Gasteiger partial charge in [0.1, 0.15) is 11.6 Å². The molecule has 1 atom stereocenters. The fourth-order valence-electron chi connectivity index (χ4n) is 1.55. The number of alkyl halides is 3. The van der Waals surface area contributed by atoms with Crippen molar-refractivity contribution in [2.75, 3.05) is 37.9 Å². The molecule has 0 saturated carbocycles. The van der Waals surface area contributed by atoms with Crippen LogP contribution in [-0.2, 0) is 10.9 Å². The molecule has 1 aromatic rings. The summed E-state index contributed by atoms with van der Waals surface area (Å²) < 4.78 is 42.6. The second-order valence-corrected chi connectivity index (χ2v) is 4.13. The van der Waals surface area contributed by atoms with Crippen molar-refractivity contribution >= 4 is 11.6 Å². The molecular formula is C11H16F3N3O2. The molecule has 0 fully saturated rings. The van der Waals surface area contributed by atoms with Gasteiger partial charge in [-0.1, -0.05) is 0 Å². The number of aliphatic hydroxyl groups is 1. The molecule has 1 heterocycles. The summed E-state index contributed by atoms with van der Waals surface area (Å²) in [5.74, 6) is -0.180. The Morgan fingerprint density at radius 3 is 2.63 bits per heavy atom. The number of aliphatic hydroxyl groups excluding tert-OH is 1. The molecule has 0 aliphatic rings. The number of rotatable bonds is 5. The highest BCUT2D eigenvalue weighted by atomic mass is 19.4. The molecule has 0 aromatic carbocycles. The van der Waals surface area contributed by atoms with E-state index < -0.39 is 17.8 Å². The summed E-state index contributed by atoms with van der Waals surface area (Å²) in [4.78, 5) is 5.20. The van der Waals surface area contributed by atoms with E-state index in [2.05, 4.69) is 4.98 Å². The molecule has 19 heavy (non-hydrogen) atoms. The lowest BCUT2D eigenvalue weighted by Crippen LogP contribution is -2.32. The van der Waals surface area contributed by atoms with Crippen molar-refractivity contribution in [1.82, 2.24) is 4.98 Å². The Labute approximate surface area is 108 Å². The third-order valence-corrected chi connectivity index (χ3v) is 2.39. The Morgan fingerprint density at radius 2 is 2.11 bits per heavy atom. The van der Waals surface area contributed by atoms with Crippen LogP contribution in [0.25, 0.3) is 0 Å². The number of halogens is 3. The van der Waals surface area contributed by atoms with Crippen LogP contribution in [0.1, 0.15) is 5.56 Å². The number of methoxy groups -OCH3 is 1. The molecule has 0 amide bonds. The molecule has 1 unspecified atom stereocenters. The molecule has 5 nitrogen and oxygen atoms in total. The molecule has 0 saturated heterocycles. The number of hydrogen-bond acceptors (Lipinski definition) is 5. The van der Waals surface area contributed by atoms with Crippen LogP contribution >= 0.6 is 0 Å². The van der Waals surface area contributed by atoms with E-state index in [9.17, 15) is 18.3 Å². The molecule has 1 rings (SSSR count). The van der Waals surface area contributed by atoms with E-state index in [1.54, 1.807) is 0 Å². The molecule has 108 valence electrons. The average molecular weight is 279 g/mol. The first-order valence-corrected chi connectivity index (χ1v) is 5.47. The van der Waals surface area contributed by atoms with Crippen LogP contribution in [0.5, 0.6) is 0 Å². The lowest BCUT2D eigenvalue weighted by Gasteiger charge is -2.22. The third kappa shape index (κ3) is 4.56. The summed E-state index contributed by atoms with van der Waals surface area (Å²) in [6.07, 6.45) is -5.31. The molecule has 0 bridgehead atoms. The number of nitrogen functional groups attached to an aromatic ring is 1. The maximum Gasteiger partial charge on any atom is 0.416 e. The third-order valence-electron chi connectivity index (χ3n) is 2.39. The Bertz CT molecular complexity index is 426. The van der Waals surface area contributed by atoms with E-state index >= 15 is 0 Å². The minimum absolute atomic E-state index is 0.0440. The minimum Gasteiger partial charge on any atom is -0.389 e. The van der Waals surface area contributed by atoms with Gasteiger partial charge in [-0.15, -0.1) is 0 Å². The first-order valence-electron chi connectivity index (χ1n) is 5.47. The zero-order valence-electron chi connectivity index (χ0n) is 10.6. The monoisotopic (exact) mass is 279 g/mol. The van der Waals surface area contributed by atoms with Crippen LogP contribution in [0.15, 0.2) is 12.1 Å². The van der Waals surface area contributed by atoms with Gasteiger partial charge in [-0.2, -0.15) is 13.2 Å². The highest BCUT2D eigenvalue weighted by molar-refractivity contribution is 5.48. The number of ether oxygens (including phenoxy) is 1. The Balaban J connectivity index is 2.91. The van der Waals surface area contributed by atoms with Crippen molar-refractivity contribution in [3.05, 3.63) is 17.7 Å². The molecule has 0 aliphatic carbocycles. The van der Waals surface area contributed by atoms with E-state index in [1.165, 1.54) is 19.1 Å². The van der Waals surface area contributed by atoms with Gasteiger partial charge in [-0.3, -0.25) is 0 Å². The number of hydrogen-bond donors (Lipinski definition) is 2. The molecular weight excluding hydrogens is 263 g/mol. The smallest absolute Gasteiger partial charge is 0.389 e. The largest absolute Gasteiger partial charge is 0.416 e. The van der Waals surface area contributed by atoms with Gasteiger partial charge >= 0.3 is 6.18 Å². The highest BCUT2D eigenvalue weighted by Gasteiger charge is 2.31. The average Bonchev–Trinajstić information content (AvgIpc) is 2.27. The second-order valence-electron chi connectivity index (χ2n) is 4.13. The maximum atomic E-state index is 12.6. The van der Waals surface area contributed by atoms with Crippen molar-refractivity contribution < 1.29 is 23.0 Å². The summed E-state index contributed by atoms with van der Waals surface area (Å²) in [6, 6.07) is 1.65. The Hall–Kier alpha value is -1.54. The van der Waals surface area contributed by atoms with Crippen molar-refractivity contribution in [3.63, 3.8) is 0 Å². The van der Waals surface area contributed by atoms with Gasteiger partial charge in [0, 0.05) is 20.7 Å². The quantitative estimate of drug-likeness (QED) is 0.845. The Morgan fingerprint density at radius 1 is 1.47 bits per heavy atom. The van der Waals surface area contributed by atoms with Crippen LogP contribution < -0.4 is 10.6 Å². The van der Waals surface area contributed by atoms with E-state index in [0.717, 1.165) is 12.1 Å². The summed E-state index contributed by atoms with van der Waals surface area (Å²) >= 11 is 0. The molecule has 0 radical (unpaired) electrons. The fraction of sp³-hybridized carbons (Fsp3) is 0.545. The normalized spacial score (nSPS) is 13.4. The van der Waals surface area contributed by atoms with Crippen LogP contribution in [0, 0.1) is 0 Å². The molecule has 0 spiro atoms. The van der Waals surface area contributed by atoms with Gasteiger partial charge in [0.15, 0.2) is 0 Å². The van der Waals surface area contributed by atoms with Crippen LogP contribution in [0.3, 0.4) is 0 Å². The summed E-state index contributed by atoms with van der Waals surface area (Å²) in [5, 5.41) is 9.53. The van der Waals surface area contributed by atoms with Crippen molar-refractivity contribution in [2.24, 2.45) is 0 Å². The number of anilines is 2. The molecule has 0 aliphatic heterocycles. The lowest BCUT2D eigenvalue weighted by atomic mass is 10.2. The maximum absolute atomic E-state index is 12.6. The van der Waals surface area contributed by atoms with Gasteiger partial charge in [0.2, 0.25) is 0 Å². The second kappa shape index (κ2) is 6.07. The van der Waals surface area contributed by atoms with E-state index in [1.807, 2.05) is 0 Å². The predicted molar refractivity (Wildman–Crippen MR) is 64.8 cm³/mol. The van der Waals surface area contributed by atoms with Gasteiger partial charge in [0.05, 0.1) is 18.3 Å². The van der Waals surface area contributed by atoms with Gasteiger partial charge in [-0.05, 0) is 12.1 Å². The van der Waals surface area contributed by atoms with Crippen molar-refractivity contribution in [1.29, 1.82) is 0 Å². The summed E-state index contributed by atoms with van der Waals surface area (Å²) in [6.45, 7) is 0.167. The van der Waals surface area contributed by atoms with E-state index in [0.29, 0.717) is 0 Å². The number of pyridine rings is 1. The van der Waals surface area contributed by atoms with Gasteiger partial charge in [-0.25, -0.2) is 4.98 Å². The lowest BCUT2D eigenvalue weighted by molar-refractivity contribution is -0.137. The number of nitrogens with two attached hydrogens (primary N) is 1. The highest BCUT2D eigenvalue weighted by Crippen LogP contribution is 2.32. The first kappa shape index (κ1) is 15.5. The van der Waals surface area contributed by atoms with Gasteiger partial charge in [0.25, 0.3) is 0 Å². The van der Waals surface area contributed by atoms with E-state index in [4.69, 9.17) is 10.5 Å². The first-order chi connectivity index (χ1) is 8.74. The fourth-order valence-corrected chi connectivity index (χ4v) is 1.55. The van der Waals surface area contributed by atoms with Crippen molar-refractivity contribution in [3.8, 4) is 0 Å². The van der Waals surface area contributed by atoms with Crippen molar-refractivity contribution in [2.45, 2.75) is 12.3 Å². The zero-order chi connectivity index (χ0) is 14.6. The number of likely N-dealkylation sites (N-methyl/N-ethyl adjacent to an activating group) is 1. The minimum atomic E-state index is -4.49. The molecule has 1 aromatic heterocycles. The predicted octanol–water partition coefficient (Wildman–Crippen LogP) is 1.13. The number of aromatic nitrogens is 1. The van der Waals surface area contributed by atoms with Gasteiger partial charge < -0.3 is 20.5 Å².